The largest absolute Gasteiger partial charge is 0.491 e. The van der Waals surface area contributed by atoms with Crippen molar-refractivity contribution in [2.45, 2.75) is 18.9 Å². The van der Waals surface area contributed by atoms with Crippen molar-refractivity contribution in [3.05, 3.63) is 29.8 Å². The van der Waals surface area contributed by atoms with Gasteiger partial charge >= 0.3 is 5.97 Å². The summed E-state index contributed by atoms with van der Waals surface area (Å²) in [4.78, 5) is 30.0. The third-order valence-corrected chi connectivity index (χ3v) is 5.47. The third kappa shape index (κ3) is 6.42. The highest BCUT2D eigenvalue weighted by atomic mass is 16.5. The Hall–Kier alpha value is -2.16. The highest BCUT2D eigenvalue weighted by Gasteiger charge is 2.24. The van der Waals surface area contributed by atoms with Crippen molar-refractivity contribution in [1.29, 1.82) is 0 Å². The maximum atomic E-state index is 12.3. The summed E-state index contributed by atoms with van der Waals surface area (Å²) in [5, 5.41) is 10.3. The zero-order chi connectivity index (χ0) is 20.6. The number of rotatable bonds is 8. The van der Waals surface area contributed by atoms with Crippen molar-refractivity contribution >= 4 is 11.9 Å². The molecule has 29 heavy (non-hydrogen) atoms. The zero-order valence-corrected chi connectivity index (χ0v) is 17.1. The molecule has 0 aliphatic carbocycles. The van der Waals surface area contributed by atoms with Crippen LogP contribution in [0.3, 0.4) is 0 Å². The molecule has 8 nitrogen and oxygen atoms in total. The summed E-state index contributed by atoms with van der Waals surface area (Å²) in [5.41, 5.74) is 0.460. The van der Waals surface area contributed by atoms with Gasteiger partial charge in [-0.3, -0.25) is 14.6 Å². The van der Waals surface area contributed by atoms with Crippen LogP contribution >= 0.6 is 0 Å². The number of methoxy groups -OCH3 is 1. The number of ether oxygens (including phenoxy) is 2. The number of benzene rings is 1. The SMILES string of the molecule is COC(=O)c1ccc(OC[C@H](O)CN2CCN(CC(=O)N3CCCC3)CC2)cc1. The molecule has 3 rings (SSSR count). The van der Waals surface area contributed by atoms with E-state index < -0.39 is 12.1 Å². The normalized spacial score (nSPS) is 19.2. The maximum absolute atomic E-state index is 12.3. The van der Waals surface area contributed by atoms with Crippen LogP contribution in [0, 0.1) is 0 Å². The lowest BCUT2D eigenvalue weighted by Gasteiger charge is -2.35. The predicted octanol–water partition coefficient (Wildman–Crippen LogP) is 0.453. The Morgan fingerprint density at radius 3 is 2.24 bits per heavy atom. The molecule has 2 fully saturated rings. The summed E-state index contributed by atoms with van der Waals surface area (Å²) in [6, 6.07) is 6.65. The summed E-state index contributed by atoms with van der Waals surface area (Å²) < 4.78 is 10.3. The van der Waals surface area contributed by atoms with Gasteiger partial charge in [-0.2, -0.15) is 0 Å². The van der Waals surface area contributed by atoms with E-state index in [1.54, 1.807) is 24.3 Å². The van der Waals surface area contributed by atoms with Gasteiger partial charge in [0, 0.05) is 45.8 Å². The lowest BCUT2D eigenvalue weighted by atomic mass is 10.2. The molecule has 2 aliphatic rings. The van der Waals surface area contributed by atoms with Gasteiger partial charge in [0.15, 0.2) is 0 Å². The summed E-state index contributed by atoms with van der Waals surface area (Å²) in [5.74, 6) is 0.447. The van der Waals surface area contributed by atoms with Gasteiger partial charge in [-0.05, 0) is 37.1 Å². The fraction of sp³-hybridized carbons (Fsp3) is 0.619. The van der Waals surface area contributed by atoms with Crippen molar-refractivity contribution in [1.82, 2.24) is 14.7 Å². The Balaban J connectivity index is 1.33. The molecule has 1 aromatic rings. The molecular weight excluding hydrogens is 374 g/mol. The van der Waals surface area contributed by atoms with Crippen LogP contribution in [0.15, 0.2) is 24.3 Å². The quantitative estimate of drug-likeness (QED) is 0.629. The van der Waals surface area contributed by atoms with Gasteiger partial charge in [-0.1, -0.05) is 0 Å². The molecule has 0 unspecified atom stereocenters. The minimum Gasteiger partial charge on any atom is -0.491 e. The van der Waals surface area contributed by atoms with E-state index in [1.807, 2.05) is 4.90 Å². The molecule has 2 aliphatic heterocycles. The lowest BCUT2D eigenvalue weighted by molar-refractivity contribution is -0.131. The zero-order valence-electron chi connectivity index (χ0n) is 17.1. The summed E-state index contributed by atoms with van der Waals surface area (Å²) in [6.07, 6.45) is 1.64. The smallest absolute Gasteiger partial charge is 0.337 e. The predicted molar refractivity (Wildman–Crippen MR) is 108 cm³/mol. The van der Waals surface area contributed by atoms with E-state index in [4.69, 9.17) is 4.74 Å². The number of carbonyl (C=O) groups excluding carboxylic acids is 2. The van der Waals surface area contributed by atoms with Gasteiger partial charge in [0.25, 0.3) is 0 Å². The molecule has 0 radical (unpaired) electrons. The Kier molecular flexibility index (Phi) is 7.85. The minimum absolute atomic E-state index is 0.186. The molecule has 0 bridgehead atoms. The number of likely N-dealkylation sites (tertiary alicyclic amines) is 1. The maximum Gasteiger partial charge on any atom is 0.337 e. The number of aliphatic hydroxyl groups excluding tert-OH is 1. The number of aliphatic hydroxyl groups is 1. The fourth-order valence-electron chi connectivity index (χ4n) is 3.74. The van der Waals surface area contributed by atoms with E-state index in [-0.39, 0.29) is 12.5 Å². The van der Waals surface area contributed by atoms with Gasteiger partial charge in [0.1, 0.15) is 18.5 Å². The first kappa shape index (κ1) is 21.5. The van der Waals surface area contributed by atoms with E-state index in [9.17, 15) is 14.7 Å². The van der Waals surface area contributed by atoms with Crippen LogP contribution in [0.25, 0.3) is 0 Å². The second kappa shape index (κ2) is 10.6. The molecule has 0 saturated carbocycles. The molecular formula is C21H31N3O5. The lowest BCUT2D eigenvalue weighted by Crippen LogP contribution is -2.51. The number of amides is 1. The fourth-order valence-corrected chi connectivity index (χ4v) is 3.74. The second-order valence-corrected chi connectivity index (χ2v) is 7.65. The van der Waals surface area contributed by atoms with Crippen LogP contribution in [0.1, 0.15) is 23.2 Å². The number of hydrogen-bond donors (Lipinski definition) is 1. The number of carbonyl (C=O) groups is 2. The average Bonchev–Trinajstić information content (AvgIpc) is 3.28. The molecule has 0 aromatic heterocycles. The van der Waals surface area contributed by atoms with Gasteiger partial charge < -0.3 is 19.5 Å². The number of nitrogens with zero attached hydrogens (tertiary/aromatic N) is 3. The van der Waals surface area contributed by atoms with Crippen LogP contribution < -0.4 is 4.74 Å². The van der Waals surface area contributed by atoms with Gasteiger partial charge in [-0.25, -0.2) is 4.79 Å². The Morgan fingerprint density at radius 2 is 1.62 bits per heavy atom. The molecule has 0 spiro atoms. The molecule has 1 aromatic carbocycles. The van der Waals surface area contributed by atoms with Crippen LogP contribution in [-0.4, -0.2) is 104 Å². The monoisotopic (exact) mass is 405 g/mol. The van der Waals surface area contributed by atoms with E-state index in [0.29, 0.717) is 24.4 Å². The number of piperazine rings is 1. The highest BCUT2D eigenvalue weighted by molar-refractivity contribution is 5.89. The van der Waals surface area contributed by atoms with Crippen molar-refractivity contribution in [3.8, 4) is 5.75 Å². The number of esters is 1. The van der Waals surface area contributed by atoms with E-state index in [1.165, 1.54) is 7.11 Å². The molecule has 8 heteroatoms. The van der Waals surface area contributed by atoms with Crippen molar-refractivity contribution < 1.29 is 24.2 Å². The molecule has 1 atom stereocenters. The topological polar surface area (TPSA) is 82.5 Å². The molecule has 1 amide bonds. The van der Waals surface area contributed by atoms with Gasteiger partial charge in [0.05, 0.1) is 19.2 Å². The van der Waals surface area contributed by atoms with Crippen molar-refractivity contribution in [2.24, 2.45) is 0 Å². The third-order valence-electron chi connectivity index (χ3n) is 5.47. The Bertz CT molecular complexity index is 667. The minimum atomic E-state index is -0.604. The van der Waals surface area contributed by atoms with Crippen LogP contribution in [0.5, 0.6) is 5.75 Å². The van der Waals surface area contributed by atoms with Crippen molar-refractivity contribution in [2.75, 3.05) is 66.1 Å². The summed E-state index contributed by atoms with van der Waals surface area (Å²) in [7, 11) is 1.34. The average molecular weight is 405 g/mol. The first-order chi connectivity index (χ1) is 14.0. The van der Waals surface area contributed by atoms with Crippen LogP contribution in [0.4, 0.5) is 0 Å². The number of hydrogen-bond acceptors (Lipinski definition) is 7. The Morgan fingerprint density at radius 1 is 1.00 bits per heavy atom. The van der Waals surface area contributed by atoms with E-state index in [2.05, 4.69) is 14.5 Å². The van der Waals surface area contributed by atoms with Gasteiger partial charge in [0.2, 0.25) is 5.91 Å². The number of β-amino-alcohol motifs (C(OH)–C–C–N with tert-alkyl or cyclic N) is 1. The van der Waals surface area contributed by atoms with E-state index >= 15 is 0 Å². The standard InChI is InChI=1S/C21H31N3O5/c1-28-21(27)17-4-6-19(7-5-17)29-16-18(25)14-22-10-12-23(13-11-22)15-20(26)24-8-2-3-9-24/h4-7,18,25H,2-3,8-16H2,1H3/t18-/m1/s1. The van der Waals surface area contributed by atoms with Crippen molar-refractivity contribution in [3.63, 3.8) is 0 Å². The summed E-state index contributed by atoms with van der Waals surface area (Å²) in [6.45, 7) is 6.36. The first-order valence-electron chi connectivity index (χ1n) is 10.3. The molecule has 2 saturated heterocycles. The van der Waals surface area contributed by atoms with Gasteiger partial charge in [-0.15, -0.1) is 0 Å². The first-order valence-corrected chi connectivity index (χ1v) is 10.3. The van der Waals surface area contributed by atoms with Crippen LogP contribution in [-0.2, 0) is 9.53 Å². The molecule has 160 valence electrons. The van der Waals surface area contributed by atoms with E-state index in [0.717, 1.165) is 52.1 Å². The Labute approximate surface area is 172 Å². The highest BCUT2D eigenvalue weighted by Crippen LogP contribution is 2.14. The summed E-state index contributed by atoms with van der Waals surface area (Å²) >= 11 is 0. The second-order valence-electron chi connectivity index (χ2n) is 7.65. The molecule has 1 N–H and O–H groups in total. The molecule has 2 heterocycles. The van der Waals surface area contributed by atoms with Crippen LogP contribution in [0.2, 0.25) is 0 Å².